The first-order chi connectivity index (χ1) is 10.3. The number of aromatic nitrogens is 1. The molecule has 0 atom stereocenters. The minimum absolute atomic E-state index is 0.609. The summed E-state index contributed by atoms with van der Waals surface area (Å²) in [5, 5.41) is 4.51. The highest BCUT2D eigenvalue weighted by Crippen LogP contribution is 2.19. The minimum atomic E-state index is 0.609. The van der Waals surface area contributed by atoms with Crippen LogP contribution in [0.4, 0.5) is 5.82 Å². The molecule has 0 spiro atoms. The quantitative estimate of drug-likeness (QED) is 0.715. The standard InChI is InChI=1S/C18H18N2O/c1-14-13-15-7-5-6-10-17(15)20-18(14)19-11-12-21-16-8-3-2-4-9-16/h2-10,13H,11-12H2,1H3,(H,19,20). The zero-order valence-corrected chi connectivity index (χ0v) is 12.0. The van der Waals surface area contributed by atoms with Crippen LogP contribution in [0.5, 0.6) is 5.75 Å². The van der Waals surface area contributed by atoms with Gasteiger partial charge in [-0.25, -0.2) is 4.98 Å². The first-order valence-corrected chi connectivity index (χ1v) is 7.11. The molecule has 21 heavy (non-hydrogen) atoms. The molecule has 1 N–H and O–H groups in total. The summed E-state index contributed by atoms with van der Waals surface area (Å²) in [5.74, 6) is 1.81. The van der Waals surface area contributed by atoms with Gasteiger partial charge in [-0.1, -0.05) is 36.4 Å². The number of anilines is 1. The normalized spacial score (nSPS) is 10.5. The van der Waals surface area contributed by atoms with Crippen LogP contribution in [-0.4, -0.2) is 18.1 Å². The molecule has 2 aromatic carbocycles. The number of benzene rings is 2. The number of hydrogen-bond donors (Lipinski definition) is 1. The van der Waals surface area contributed by atoms with Crippen LogP contribution in [0.1, 0.15) is 5.56 Å². The van der Waals surface area contributed by atoms with Crippen LogP contribution in [0.3, 0.4) is 0 Å². The van der Waals surface area contributed by atoms with Crippen LogP contribution in [0, 0.1) is 6.92 Å². The van der Waals surface area contributed by atoms with Gasteiger partial charge in [-0.05, 0) is 36.8 Å². The van der Waals surface area contributed by atoms with Crippen molar-refractivity contribution in [3.8, 4) is 5.75 Å². The second kappa shape index (κ2) is 6.27. The molecule has 106 valence electrons. The van der Waals surface area contributed by atoms with Gasteiger partial charge in [0.05, 0.1) is 12.1 Å². The van der Waals surface area contributed by atoms with Gasteiger partial charge in [-0.3, -0.25) is 0 Å². The number of rotatable bonds is 5. The Morgan fingerprint density at radius 1 is 1.00 bits per heavy atom. The van der Waals surface area contributed by atoms with E-state index in [-0.39, 0.29) is 0 Å². The van der Waals surface area contributed by atoms with Crippen molar-refractivity contribution in [3.63, 3.8) is 0 Å². The minimum Gasteiger partial charge on any atom is -0.492 e. The van der Waals surface area contributed by atoms with Crippen LogP contribution in [0.25, 0.3) is 10.9 Å². The Balaban J connectivity index is 1.61. The Hall–Kier alpha value is -2.55. The summed E-state index contributed by atoms with van der Waals surface area (Å²) in [5.41, 5.74) is 2.16. The van der Waals surface area contributed by atoms with Crippen LogP contribution >= 0.6 is 0 Å². The third-order valence-corrected chi connectivity index (χ3v) is 3.32. The van der Waals surface area contributed by atoms with Crippen LogP contribution < -0.4 is 10.1 Å². The van der Waals surface area contributed by atoms with E-state index < -0.39 is 0 Å². The van der Waals surface area contributed by atoms with E-state index in [1.807, 2.05) is 48.5 Å². The fourth-order valence-corrected chi connectivity index (χ4v) is 2.26. The highest BCUT2D eigenvalue weighted by atomic mass is 16.5. The number of fused-ring (bicyclic) bond motifs is 1. The molecule has 0 fully saturated rings. The molecule has 0 aliphatic rings. The zero-order valence-electron chi connectivity index (χ0n) is 12.0. The molecule has 0 unspecified atom stereocenters. The molecular formula is C18H18N2O. The lowest BCUT2D eigenvalue weighted by Gasteiger charge is -2.11. The van der Waals surface area contributed by atoms with Crippen molar-refractivity contribution in [2.24, 2.45) is 0 Å². The summed E-state index contributed by atoms with van der Waals surface area (Å²) in [7, 11) is 0. The fourth-order valence-electron chi connectivity index (χ4n) is 2.26. The van der Waals surface area contributed by atoms with E-state index in [1.54, 1.807) is 0 Å². The maximum atomic E-state index is 5.66. The van der Waals surface area contributed by atoms with E-state index in [1.165, 1.54) is 5.39 Å². The maximum Gasteiger partial charge on any atom is 0.129 e. The number of hydrogen-bond acceptors (Lipinski definition) is 3. The lowest BCUT2D eigenvalue weighted by molar-refractivity contribution is 0.333. The molecule has 3 heteroatoms. The molecule has 0 bridgehead atoms. The van der Waals surface area contributed by atoms with Crippen LogP contribution in [0.15, 0.2) is 60.7 Å². The van der Waals surface area contributed by atoms with Crippen molar-refractivity contribution in [3.05, 3.63) is 66.2 Å². The molecule has 3 aromatic rings. The van der Waals surface area contributed by atoms with Gasteiger partial charge in [0.1, 0.15) is 18.2 Å². The van der Waals surface area contributed by atoms with Crippen LogP contribution in [0.2, 0.25) is 0 Å². The zero-order chi connectivity index (χ0) is 14.5. The Kier molecular flexibility index (Phi) is 4.01. The highest BCUT2D eigenvalue weighted by Gasteiger charge is 2.02. The number of ether oxygens (including phenoxy) is 1. The van der Waals surface area contributed by atoms with Crippen molar-refractivity contribution in [2.75, 3.05) is 18.5 Å². The van der Waals surface area contributed by atoms with Gasteiger partial charge in [0.15, 0.2) is 0 Å². The van der Waals surface area contributed by atoms with Gasteiger partial charge in [0.2, 0.25) is 0 Å². The van der Waals surface area contributed by atoms with E-state index in [0.717, 1.165) is 29.2 Å². The lowest BCUT2D eigenvalue weighted by Crippen LogP contribution is -2.13. The van der Waals surface area contributed by atoms with Gasteiger partial charge in [0, 0.05) is 5.39 Å². The molecule has 1 heterocycles. The summed E-state index contributed by atoms with van der Waals surface area (Å²) in [6.45, 7) is 3.40. The molecule has 0 aliphatic carbocycles. The van der Waals surface area contributed by atoms with Gasteiger partial charge >= 0.3 is 0 Å². The van der Waals surface area contributed by atoms with Gasteiger partial charge in [-0.2, -0.15) is 0 Å². The third kappa shape index (κ3) is 3.31. The van der Waals surface area contributed by atoms with E-state index in [9.17, 15) is 0 Å². The smallest absolute Gasteiger partial charge is 0.129 e. The van der Waals surface area contributed by atoms with E-state index >= 15 is 0 Å². The average molecular weight is 278 g/mol. The third-order valence-electron chi connectivity index (χ3n) is 3.32. The molecule has 0 saturated heterocycles. The largest absolute Gasteiger partial charge is 0.492 e. The van der Waals surface area contributed by atoms with Crippen molar-refractivity contribution < 1.29 is 4.74 Å². The molecule has 0 amide bonds. The van der Waals surface area contributed by atoms with Gasteiger partial charge < -0.3 is 10.1 Å². The Morgan fingerprint density at radius 2 is 1.76 bits per heavy atom. The number of nitrogens with one attached hydrogen (secondary N) is 1. The topological polar surface area (TPSA) is 34.2 Å². The van der Waals surface area contributed by atoms with E-state index in [4.69, 9.17) is 4.74 Å². The van der Waals surface area contributed by atoms with Crippen molar-refractivity contribution >= 4 is 16.7 Å². The average Bonchev–Trinajstić information content (AvgIpc) is 2.53. The summed E-state index contributed by atoms with van der Waals surface area (Å²) in [4.78, 5) is 4.65. The monoisotopic (exact) mass is 278 g/mol. The van der Waals surface area contributed by atoms with E-state index in [2.05, 4.69) is 29.4 Å². The van der Waals surface area contributed by atoms with E-state index in [0.29, 0.717) is 6.61 Å². The Labute approximate surface area is 124 Å². The maximum absolute atomic E-state index is 5.66. The molecule has 0 radical (unpaired) electrons. The molecule has 0 aliphatic heterocycles. The number of para-hydroxylation sites is 2. The number of aryl methyl sites for hydroxylation is 1. The predicted octanol–water partition coefficient (Wildman–Crippen LogP) is 4.03. The summed E-state index contributed by atoms with van der Waals surface area (Å²) < 4.78 is 5.66. The predicted molar refractivity (Wildman–Crippen MR) is 86.9 cm³/mol. The Bertz CT molecular complexity index is 726. The van der Waals surface area contributed by atoms with Crippen molar-refractivity contribution in [1.29, 1.82) is 0 Å². The molecule has 3 rings (SSSR count). The van der Waals surface area contributed by atoms with Gasteiger partial charge in [0.25, 0.3) is 0 Å². The SMILES string of the molecule is Cc1cc2ccccc2nc1NCCOc1ccccc1. The van der Waals surface area contributed by atoms with Crippen molar-refractivity contribution in [2.45, 2.75) is 6.92 Å². The van der Waals surface area contributed by atoms with Crippen LogP contribution in [-0.2, 0) is 0 Å². The van der Waals surface area contributed by atoms with Crippen molar-refractivity contribution in [1.82, 2.24) is 4.98 Å². The second-order valence-electron chi connectivity index (χ2n) is 4.93. The molecule has 0 saturated carbocycles. The first-order valence-electron chi connectivity index (χ1n) is 7.11. The molecule has 1 aromatic heterocycles. The van der Waals surface area contributed by atoms with Gasteiger partial charge in [-0.15, -0.1) is 0 Å². The number of nitrogens with zero attached hydrogens (tertiary/aromatic N) is 1. The fraction of sp³-hybridized carbons (Fsp3) is 0.167. The second-order valence-corrected chi connectivity index (χ2v) is 4.93. The summed E-state index contributed by atoms with van der Waals surface area (Å²) in [6, 6.07) is 20.1. The summed E-state index contributed by atoms with van der Waals surface area (Å²) >= 11 is 0. The number of pyridine rings is 1. The molecular weight excluding hydrogens is 260 g/mol. The summed E-state index contributed by atoms with van der Waals surface area (Å²) in [6.07, 6.45) is 0. The Morgan fingerprint density at radius 3 is 2.62 bits per heavy atom. The molecule has 3 nitrogen and oxygen atoms in total. The lowest BCUT2D eigenvalue weighted by atomic mass is 10.1. The highest BCUT2D eigenvalue weighted by molar-refractivity contribution is 5.81. The first kappa shape index (κ1) is 13.4.